The molecule has 1 aromatic heterocycles. The predicted octanol–water partition coefficient (Wildman–Crippen LogP) is 2.56. The molecule has 3 aromatic rings. The highest BCUT2D eigenvalue weighted by Gasteiger charge is 2.31. The van der Waals surface area contributed by atoms with E-state index in [1.54, 1.807) is 28.6 Å². The van der Waals surface area contributed by atoms with Gasteiger partial charge in [0.1, 0.15) is 11.3 Å². The maximum absolute atomic E-state index is 12.9. The van der Waals surface area contributed by atoms with Crippen molar-refractivity contribution in [1.82, 2.24) is 4.31 Å². The van der Waals surface area contributed by atoms with Crippen molar-refractivity contribution in [2.45, 2.75) is 11.8 Å². The van der Waals surface area contributed by atoms with Crippen LogP contribution >= 0.6 is 0 Å². The number of hydrogen-bond donors (Lipinski definition) is 0. The fraction of sp³-hybridized carbons (Fsp3) is 0.286. The van der Waals surface area contributed by atoms with Gasteiger partial charge in [-0.3, -0.25) is 4.90 Å². The van der Waals surface area contributed by atoms with E-state index in [4.69, 9.17) is 4.74 Å². The summed E-state index contributed by atoms with van der Waals surface area (Å²) in [5.74, 6) is 1.69. The van der Waals surface area contributed by atoms with Crippen LogP contribution in [0.1, 0.15) is 6.92 Å². The fourth-order valence-electron chi connectivity index (χ4n) is 3.48. The number of ether oxygens (including phenoxy) is 1. The number of pyridine rings is 1. The van der Waals surface area contributed by atoms with E-state index in [1.807, 2.05) is 25.1 Å². The molecule has 1 aliphatic heterocycles. The van der Waals surface area contributed by atoms with E-state index in [1.165, 1.54) is 0 Å². The number of benzene rings is 2. The Morgan fingerprint density at radius 1 is 0.929 bits per heavy atom. The lowest BCUT2D eigenvalue weighted by Crippen LogP contribution is -2.49. The Morgan fingerprint density at radius 2 is 1.64 bits per heavy atom. The van der Waals surface area contributed by atoms with Crippen LogP contribution in [-0.2, 0) is 10.0 Å². The first kappa shape index (κ1) is 18.7. The van der Waals surface area contributed by atoms with E-state index in [-0.39, 0.29) is 0 Å². The van der Waals surface area contributed by atoms with Gasteiger partial charge in [0.15, 0.2) is 0 Å². The zero-order chi connectivity index (χ0) is 19.6. The minimum atomic E-state index is -3.49. The summed E-state index contributed by atoms with van der Waals surface area (Å²) in [6.07, 6.45) is 0. The van der Waals surface area contributed by atoms with Crippen molar-refractivity contribution in [3.63, 3.8) is 0 Å². The number of fused-ring (bicyclic) bond motifs is 1. The molecule has 2 aromatic carbocycles. The van der Waals surface area contributed by atoms with Crippen LogP contribution in [0.25, 0.3) is 10.9 Å². The average Bonchev–Trinajstić information content (AvgIpc) is 2.74. The number of nitrogens with zero attached hydrogens (tertiary/aromatic N) is 2. The molecule has 1 fully saturated rings. The number of aromatic nitrogens is 1. The molecule has 0 bridgehead atoms. The van der Waals surface area contributed by atoms with Crippen molar-refractivity contribution < 1.29 is 18.1 Å². The summed E-state index contributed by atoms with van der Waals surface area (Å²) in [5, 5.41) is 1.16. The van der Waals surface area contributed by atoms with Gasteiger partial charge in [-0.05, 0) is 43.3 Å². The first-order chi connectivity index (χ1) is 13.6. The minimum Gasteiger partial charge on any atom is -0.494 e. The lowest BCUT2D eigenvalue weighted by Gasteiger charge is -2.30. The number of aromatic amines is 1. The zero-order valence-corrected chi connectivity index (χ0v) is 16.7. The first-order valence-electron chi connectivity index (χ1n) is 9.47. The van der Waals surface area contributed by atoms with E-state index in [9.17, 15) is 8.42 Å². The molecule has 1 aliphatic rings. The Balaban J connectivity index is 1.46. The van der Waals surface area contributed by atoms with Gasteiger partial charge in [-0.25, -0.2) is 13.4 Å². The fourth-order valence-corrected chi connectivity index (χ4v) is 4.90. The summed E-state index contributed by atoms with van der Waals surface area (Å²) in [4.78, 5) is 5.94. The SMILES string of the molecule is CCOc1ccc(S(=O)(=O)N2CCN(c3ccc4ccccc4[nH+]3)CC2)cc1. The molecule has 0 atom stereocenters. The van der Waals surface area contributed by atoms with Gasteiger partial charge in [0.05, 0.1) is 37.7 Å². The highest BCUT2D eigenvalue weighted by molar-refractivity contribution is 7.89. The molecule has 4 rings (SSSR count). The van der Waals surface area contributed by atoms with Crippen LogP contribution < -0.4 is 14.6 Å². The smallest absolute Gasteiger partial charge is 0.274 e. The molecule has 0 aliphatic carbocycles. The summed E-state index contributed by atoms with van der Waals surface area (Å²) in [5.41, 5.74) is 1.07. The average molecular weight is 399 g/mol. The lowest BCUT2D eigenvalue weighted by molar-refractivity contribution is -0.330. The number of anilines is 1. The van der Waals surface area contributed by atoms with Crippen molar-refractivity contribution in [2.24, 2.45) is 0 Å². The summed E-state index contributed by atoms with van der Waals surface area (Å²) in [6, 6.07) is 18.9. The number of piperazine rings is 1. The van der Waals surface area contributed by atoms with Gasteiger partial charge in [-0.2, -0.15) is 4.31 Å². The van der Waals surface area contributed by atoms with Crippen LogP contribution in [0.2, 0.25) is 0 Å². The molecule has 2 heterocycles. The molecule has 28 heavy (non-hydrogen) atoms. The third kappa shape index (κ3) is 3.68. The molecule has 0 spiro atoms. The molecule has 1 N–H and O–H groups in total. The molecule has 0 radical (unpaired) electrons. The van der Waals surface area contributed by atoms with Crippen molar-refractivity contribution in [2.75, 3.05) is 37.7 Å². The molecule has 146 valence electrons. The van der Waals surface area contributed by atoms with Gasteiger partial charge in [-0.1, -0.05) is 18.2 Å². The third-order valence-corrected chi connectivity index (χ3v) is 6.91. The number of nitrogens with one attached hydrogen (secondary N) is 1. The number of rotatable bonds is 5. The van der Waals surface area contributed by atoms with Crippen molar-refractivity contribution in [1.29, 1.82) is 0 Å². The van der Waals surface area contributed by atoms with Gasteiger partial charge in [0.2, 0.25) is 10.0 Å². The summed E-state index contributed by atoms with van der Waals surface area (Å²) < 4.78 is 32.8. The quantitative estimate of drug-likeness (QED) is 0.663. The van der Waals surface area contributed by atoms with Crippen LogP contribution in [0.4, 0.5) is 5.82 Å². The minimum absolute atomic E-state index is 0.307. The van der Waals surface area contributed by atoms with Crippen LogP contribution in [-0.4, -0.2) is 45.5 Å². The highest BCUT2D eigenvalue weighted by Crippen LogP contribution is 2.22. The van der Waals surface area contributed by atoms with Crippen LogP contribution in [0.3, 0.4) is 0 Å². The number of sulfonamides is 1. The first-order valence-corrected chi connectivity index (χ1v) is 10.9. The second-order valence-electron chi connectivity index (χ2n) is 6.73. The number of para-hydroxylation sites is 1. The summed E-state index contributed by atoms with van der Waals surface area (Å²) in [6.45, 7) is 4.65. The van der Waals surface area contributed by atoms with Gasteiger partial charge < -0.3 is 4.74 Å². The summed E-state index contributed by atoms with van der Waals surface area (Å²) in [7, 11) is -3.49. The van der Waals surface area contributed by atoms with E-state index < -0.39 is 10.0 Å². The normalized spacial score (nSPS) is 15.7. The van der Waals surface area contributed by atoms with Crippen molar-refractivity contribution in [3.05, 3.63) is 60.7 Å². The molecule has 6 nitrogen and oxygen atoms in total. The number of H-pyrrole nitrogens is 1. The largest absolute Gasteiger partial charge is 0.494 e. The van der Waals surface area contributed by atoms with E-state index in [0.717, 1.165) is 16.7 Å². The molecule has 0 unspecified atom stereocenters. The molecular formula is C21H24N3O3S+. The maximum atomic E-state index is 12.9. The van der Waals surface area contributed by atoms with Gasteiger partial charge in [0.25, 0.3) is 5.82 Å². The highest BCUT2D eigenvalue weighted by atomic mass is 32.2. The zero-order valence-electron chi connectivity index (χ0n) is 15.8. The topological polar surface area (TPSA) is 64.0 Å². The molecule has 7 heteroatoms. The van der Waals surface area contributed by atoms with Crippen LogP contribution in [0, 0.1) is 0 Å². The monoisotopic (exact) mass is 398 g/mol. The second kappa shape index (κ2) is 7.77. The van der Waals surface area contributed by atoms with Gasteiger partial charge >= 0.3 is 0 Å². The molecule has 0 amide bonds. The molecule has 1 saturated heterocycles. The Hall–Kier alpha value is -2.64. The predicted molar refractivity (Wildman–Crippen MR) is 109 cm³/mol. The van der Waals surface area contributed by atoms with Crippen LogP contribution in [0.15, 0.2) is 65.6 Å². The molecule has 0 saturated carbocycles. The van der Waals surface area contributed by atoms with E-state index in [0.29, 0.717) is 43.4 Å². The van der Waals surface area contributed by atoms with Gasteiger partial charge in [-0.15, -0.1) is 0 Å². The summed E-state index contributed by atoms with van der Waals surface area (Å²) >= 11 is 0. The Kier molecular flexibility index (Phi) is 5.19. The maximum Gasteiger partial charge on any atom is 0.274 e. The van der Waals surface area contributed by atoms with Crippen molar-refractivity contribution >= 4 is 26.7 Å². The number of hydrogen-bond acceptors (Lipinski definition) is 4. The second-order valence-corrected chi connectivity index (χ2v) is 8.66. The van der Waals surface area contributed by atoms with Crippen LogP contribution in [0.5, 0.6) is 5.75 Å². The lowest BCUT2D eigenvalue weighted by atomic mass is 10.2. The standard InChI is InChI=1S/C21H23N3O3S/c1-2-27-18-8-10-19(11-9-18)28(25,26)24-15-13-23(14-16-24)21-12-7-17-5-3-4-6-20(17)22-21/h3-12H,2,13-16H2,1H3/p+1. The third-order valence-electron chi connectivity index (χ3n) is 5.00. The van der Waals surface area contributed by atoms with Gasteiger partial charge in [0, 0.05) is 11.5 Å². The van der Waals surface area contributed by atoms with Crippen molar-refractivity contribution in [3.8, 4) is 5.75 Å². The Labute approximate surface area is 165 Å². The van der Waals surface area contributed by atoms with E-state index >= 15 is 0 Å². The Bertz CT molecular complexity index is 1060. The van der Waals surface area contributed by atoms with E-state index in [2.05, 4.69) is 28.1 Å². The molecular weight excluding hydrogens is 374 g/mol. The Morgan fingerprint density at radius 3 is 2.36 bits per heavy atom.